The highest BCUT2D eigenvalue weighted by Gasteiger charge is 2.32. The van der Waals surface area contributed by atoms with Crippen molar-refractivity contribution in [3.05, 3.63) is 94.8 Å². The lowest BCUT2D eigenvalue weighted by atomic mass is 9.95. The van der Waals surface area contributed by atoms with Crippen molar-refractivity contribution in [2.45, 2.75) is 13.5 Å². The highest BCUT2D eigenvalue weighted by Crippen LogP contribution is 2.34. The number of aromatic amines is 1. The maximum atomic E-state index is 13.9. The quantitative estimate of drug-likeness (QED) is 0.178. The van der Waals surface area contributed by atoms with Crippen molar-refractivity contribution in [1.82, 2.24) is 10.3 Å². The largest absolute Gasteiger partial charge is 0.497 e. The first-order valence-electron chi connectivity index (χ1n) is 13.1. The predicted molar refractivity (Wildman–Crippen MR) is 156 cm³/mol. The van der Waals surface area contributed by atoms with Crippen LogP contribution in [0.2, 0.25) is 0 Å². The Morgan fingerprint density at radius 1 is 0.738 bits per heavy atom. The van der Waals surface area contributed by atoms with Gasteiger partial charge in [-0.15, -0.1) is 0 Å². The number of benzene rings is 3. The summed E-state index contributed by atoms with van der Waals surface area (Å²) in [6.45, 7) is 1.80. The summed E-state index contributed by atoms with van der Waals surface area (Å²) >= 11 is 0. The minimum Gasteiger partial charge on any atom is -0.497 e. The average Bonchev–Trinajstić information content (AvgIpc) is 3.44. The molecule has 218 valence electrons. The SMILES string of the molecule is CCOC(=O)c1[nH]c(C(=O)c2ccc(OC)cc2)c(-c2ccc(OC)cc2)c1C(=O)NCc1ccc(OC)cc1OC. The summed E-state index contributed by atoms with van der Waals surface area (Å²) in [7, 11) is 6.13. The monoisotopic (exact) mass is 572 g/mol. The third-order valence-electron chi connectivity index (χ3n) is 6.60. The summed E-state index contributed by atoms with van der Waals surface area (Å²) in [5, 5.41) is 2.86. The van der Waals surface area contributed by atoms with Gasteiger partial charge in [-0.2, -0.15) is 0 Å². The van der Waals surface area contributed by atoms with Gasteiger partial charge >= 0.3 is 5.97 Å². The maximum Gasteiger partial charge on any atom is 0.355 e. The Hall–Kier alpha value is -5.25. The fraction of sp³-hybridized carbons (Fsp3) is 0.219. The first kappa shape index (κ1) is 29.7. The zero-order valence-electron chi connectivity index (χ0n) is 24.0. The molecule has 3 aromatic carbocycles. The lowest BCUT2D eigenvalue weighted by molar-refractivity contribution is 0.0516. The van der Waals surface area contributed by atoms with Crippen molar-refractivity contribution in [2.75, 3.05) is 35.0 Å². The van der Waals surface area contributed by atoms with E-state index in [1.807, 2.05) is 0 Å². The second-order valence-corrected chi connectivity index (χ2v) is 8.99. The molecule has 0 atom stereocenters. The zero-order valence-corrected chi connectivity index (χ0v) is 24.0. The Labute approximate surface area is 243 Å². The number of ether oxygens (including phenoxy) is 5. The van der Waals surface area contributed by atoms with E-state index in [9.17, 15) is 14.4 Å². The van der Waals surface area contributed by atoms with Gasteiger partial charge in [0.25, 0.3) is 5.91 Å². The molecule has 4 aromatic rings. The third-order valence-corrected chi connectivity index (χ3v) is 6.60. The van der Waals surface area contributed by atoms with Crippen LogP contribution in [0, 0.1) is 0 Å². The molecule has 10 heteroatoms. The molecule has 0 radical (unpaired) electrons. The maximum absolute atomic E-state index is 13.9. The number of hydrogen-bond acceptors (Lipinski definition) is 8. The number of carbonyl (C=O) groups excluding carboxylic acids is 3. The highest BCUT2D eigenvalue weighted by atomic mass is 16.5. The average molecular weight is 573 g/mol. The third kappa shape index (κ3) is 6.22. The van der Waals surface area contributed by atoms with Gasteiger partial charge < -0.3 is 34.0 Å². The van der Waals surface area contributed by atoms with Crippen LogP contribution in [0.15, 0.2) is 66.7 Å². The fourth-order valence-electron chi connectivity index (χ4n) is 4.45. The van der Waals surface area contributed by atoms with Crippen LogP contribution in [-0.4, -0.2) is 57.7 Å². The number of nitrogens with one attached hydrogen (secondary N) is 2. The van der Waals surface area contributed by atoms with Crippen LogP contribution >= 0.6 is 0 Å². The van der Waals surface area contributed by atoms with Crippen molar-refractivity contribution in [2.24, 2.45) is 0 Å². The fourth-order valence-corrected chi connectivity index (χ4v) is 4.45. The Balaban J connectivity index is 1.85. The summed E-state index contributed by atoms with van der Waals surface area (Å²) in [4.78, 5) is 43.8. The van der Waals surface area contributed by atoms with Crippen molar-refractivity contribution >= 4 is 17.7 Å². The molecule has 0 aliphatic rings. The molecule has 0 aliphatic heterocycles. The second-order valence-electron chi connectivity index (χ2n) is 8.99. The van der Waals surface area contributed by atoms with Crippen LogP contribution in [0.1, 0.15) is 49.4 Å². The lowest BCUT2D eigenvalue weighted by Gasteiger charge is -2.13. The van der Waals surface area contributed by atoms with Crippen molar-refractivity contribution in [3.8, 4) is 34.1 Å². The van der Waals surface area contributed by atoms with Gasteiger partial charge in [0.2, 0.25) is 5.78 Å². The van der Waals surface area contributed by atoms with Crippen LogP contribution in [0.3, 0.4) is 0 Å². The molecule has 42 heavy (non-hydrogen) atoms. The standard InChI is InChI=1S/C32H32N2O8/c1-6-42-32(37)29-27(31(36)33-18-21-11-16-24(40-4)17-25(21)41-5)26(19-7-12-22(38-2)13-8-19)28(34-29)30(35)20-9-14-23(39-3)15-10-20/h7-17,34H,6,18H2,1-5H3,(H,33,36). The Bertz CT molecular complexity index is 1570. The Morgan fingerprint density at radius 3 is 1.90 bits per heavy atom. The van der Waals surface area contributed by atoms with Gasteiger partial charge in [-0.05, 0) is 61.0 Å². The van der Waals surface area contributed by atoms with Crippen LogP contribution < -0.4 is 24.3 Å². The number of esters is 1. The molecule has 4 rings (SSSR count). The lowest BCUT2D eigenvalue weighted by Crippen LogP contribution is -2.25. The van der Waals surface area contributed by atoms with Crippen LogP contribution in [0.25, 0.3) is 11.1 Å². The molecule has 1 heterocycles. The second kappa shape index (κ2) is 13.4. The van der Waals surface area contributed by atoms with Crippen LogP contribution in [-0.2, 0) is 11.3 Å². The van der Waals surface area contributed by atoms with E-state index in [1.165, 1.54) is 21.3 Å². The van der Waals surface area contributed by atoms with Gasteiger partial charge in [0.05, 0.1) is 46.3 Å². The van der Waals surface area contributed by atoms with Gasteiger partial charge in [-0.3, -0.25) is 9.59 Å². The van der Waals surface area contributed by atoms with Crippen molar-refractivity contribution in [3.63, 3.8) is 0 Å². The molecule has 10 nitrogen and oxygen atoms in total. The van der Waals surface area contributed by atoms with E-state index in [0.29, 0.717) is 39.7 Å². The normalized spacial score (nSPS) is 10.5. The van der Waals surface area contributed by atoms with Gasteiger partial charge in [0, 0.05) is 29.3 Å². The number of H-pyrrole nitrogens is 1. The van der Waals surface area contributed by atoms with Crippen molar-refractivity contribution in [1.29, 1.82) is 0 Å². The number of hydrogen-bond donors (Lipinski definition) is 2. The number of methoxy groups -OCH3 is 4. The molecule has 1 aromatic heterocycles. The molecule has 0 fully saturated rings. The predicted octanol–water partition coefficient (Wildman–Crippen LogP) is 5.05. The Kier molecular flexibility index (Phi) is 9.49. The number of aromatic nitrogens is 1. The number of carbonyl (C=O) groups is 3. The van der Waals surface area contributed by atoms with Crippen LogP contribution in [0.5, 0.6) is 23.0 Å². The molecule has 0 saturated heterocycles. The topological polar surface area (TPSA) is 125 Å². The molecular formula is C32H32N2O8. The van der Waals surface area contributed by atoms with E-state index in [0.717, 1.165) is 0 Å². The zero-order chi connectivity index (χ0) is 30.2. The van der Waals surface area contributed by atoms with Gasteiger partial charge in [0.15, 0.2) is 0 Å². The summed E-state index contributed by atoms with van der Waals surface area (Å²) in [5.74, 6) is 0.487. The van der Waals surface area contributed by atoms with Gasteiger partial charge in [-0.25, -0.2) is 4.79 Å². The first-order chi connectivity index (χ1) is 20.3. The molecule has 0 bridgehead atoms. The summed E-state index contributed by atoms with van der Waals surface area (Å²) in [6, 6.07) is 18.6. The molecule has 2 N–H and O–H groups in total. The van der Waals surface area contributed by atoms with Gasteiger partial charge in [0.1, 0.15) is 28.7 Å². The number of ketones is 1. The Morgan fingerprint density at radius 2 is 1.33 bits per heavy atom. The minimum absolute atomic E-state index is 0.0250. The molecule has 0 saturated carbocycles. The number of rotatable bonds is 12. The summed E-state index contributed by atoms with van der Waals surface area (Å²) < 4.78 is 26.5. The van der Waals surface area contributed by atoms with E-state index in [-0.39, 0.29) is 35.7 Å². The molecule has 0 aliphatic carbocycles. The number of amides is 1. The molecule has 1 amide bonds. The molecule has 0 unspecified atom stereocenters. The first-order valence-corrected chi connectivity index (χ1v) is 13.1. The summed E-state index contributed by atoms with van der Waals surface area (Å²) in [5.41, 5.74) is 1.67. The minimum atomic E-state index is -0.770. The summed E-state index contributed by atoms with van der Waals surface area (Å²) in [6.07, 6.45) is 0. The molecule has 0 spiro atoms. The van der Waals surface area contributed by atoms with Gasteiger partial charge in [-0.1, -0.05) is 12.1 Å². The highest BCUT2D eigenvalue weighted by molar-refractivity contribution is 6.18. The van der Waals surface area contributed by atoms with Crippen LogP contribution in [0.4, 0.5) is 0 Å². The van der Waals surface area contributed by atoms with E-state index in [1.54, 1.807) is 80.8 Å². The van der Waals surface area contributed by atoms with E-state index >= 15 is 0 Å². The van der Waals surface area contributed by atoms with E-state index in [2.05, 4.69) is 10.3 Å². The smallest absolute Gasteiger partial charge is 0.355 e. The molecular weight excluding hydrogens is 540 g/mol. The van der Waals surface area contributed by atoms with Crippen molar-refractivity contribution < 1.29 is 38.1 Å². The van der Waals surface area contributed by atoms with E-state index < -0.39 is 17.7 Å². The van der Waals surface area contributed by atoms with E-state index in [4.69, 9.17) is 23.7 Å².